The van der Waals surface area contributed by atoms with E-state index in [9.17, 15) is 18.0 Å². The second-order valence-electron chi connectivity index (χ2n) is 7.32. The number of benzene rings is 1. The van der Waals surface area contributed by atoms with Gasteiger partial charge in [0.2, 0.25) is 11.8 Å². The van der Waals surface area contributed by atoms with Crippen molar-refractivity contribution in [1.82, 2.24) is 5.32 Å². The quantitative estimate of drug-likeness (QED) is 0.863. The Morgan fingerprint density at radius 1 is 1.20 bits per heavy atom. The van der Waals surface area contributed by atoms with Crippen LogP contribution in [0.2, 0.25) is 0 Å². The summed E-state index contributed by atoms with van der Waals surface area (Å²) < 4.78 is 23.0. The molecule has 1 aromatic rings. The van der Waals surface area contributed by atoms with Crippen LogP contribution in [0, 0.1) is 5.92 Å². The Kier molecular flexibility index (Phi) is 4.06. The lowest BCUT2D eigenvalue weighted by Crippen LogP contribution is -2.40. The molecule has 1 N–H and O–H groups in total. The second kappa shape index (κ2) is 6.12. The van der Waals surface area contributed by atoms with Crippen LogP contribution in [-0.4, -0.2) is 44.3 Å². The van der Waals surface area contributed by atoms with E-state index in [4.69, 9.17) is 0 Å². The number of carbonyl (C=O) groups is 2. The summed E-state index contributed by atoms with van der Waals surface area (Å²) in [6.07, 6.45) is 3.94. The molecule has 2 amide bonds. The molecule has 0 bridgehead atoms. The minimum atomic E-state index is -3.03. The van der Waals surface area contributed by atoms with Crippen LogP contribution in [0.15, 0.2) is 18.2 Å². The number of anilines is 1. The van der Waals surface area contributed by atoms with Crippen molar-refractivity contribution in [3.8, 4) is 0 Å². The lowest BCUT2D eigenvalue weighted by molar-refractivity contribution is -0.126. The summed E-state index contributed by atoms with van der Waals surface area (Å²) in [5.41, 5.74) is 3.52. The summed E-state index contributed by atoms with van der Waals surface area (Å²) in [4.78, 5) is 26.5. The van der Waals surface area contributed by atoms with Gasteiger partial charge in [0.15, 0.2) is 9.84 Å². The van der Waals surface area contributed by atoms with Gasteiger partial charge in [-0.1, -0.05) is 6.07 Å². The number of hydrogen-bond acceptors (Lipinski definition) is 4. The van der Waals surface area contributed by atoms with E-state index in [-0.39, 0.29) is 35.8 Å². The Morgan fingerprint density at radius 2 is 2.00 bits per heavy atom. The van der Waals surface area contributed by atoms with Gasteiger partial charge in [-0.05, 0) is 48.9 Å². The second-order valence-corrected chi connectivity index (χ2v) is 9.55. The van der Waals surface area contributed by atoms with Crippen LogP contribution in [-0.2, 0) is 32.3 Å². The molecule has 6 nitrogen and oxygen atoms in total. The molecule has 2 atom stereocenters. The first kappa shape index (κ1) is 16.6. The molecular weight excluding hydrogens is 340 g/mol. The molecule has 0 saturated carbocycles. The third kappa shape index (κ3) is 3.29. The van der Waals surface area contributed by atoms with Gasteiger partial charge in [-0.15, -0.1) is 0 Å². The fourth-order valence-electron chi connectivity index (χ4n) is 4.09. The molecule has 4 rings (SSSR count). The van der Waals surface area contributed by atoms with E-state index < -0.39 is 15.8 Å². The highest BCUT2D eigenvalue weighted by molar-refractivity contribution is 7.91. The highest BCUT2D eigenvalue weighted by Crippen LogP contribution is 2.30. The minimum absolute atomic E-state index is 0.00788. The number of rotatable bonds is 3. The Bertz CT molecular complexity index is 833. The number of nitrogens with zero attached hydrogens (tertiary/aromatic N) is 1. The van der Waals surface area contributed by atoms with Crippen molar-refractivity contribution in [2.75, 3.05) is 23.0 Å². The third-order valence-electron chi connectivity index (χ3n) is 5.47. The van der Waals surface area contributed by atoms with Gasteiger partial charge >= 0.3 is 0 Å². The first-order valence-electron chi connectivity index (χ1n) is 8.84. The smallest absolute Gasteiger partial charge is 0.227 e. The summed E-state index contributed by atoms with van der Waals surface area (Å²) in [5.74, 6) is -0.531. The van der Waals surface area contributed by atoms with Gasteiger partial charge in [0.1, 0.15) is 0 Å². The molecule has 25 heavy (non-hydrogen) atoms. The van der Waals surface area contributed by atoms with E-state index in [1.165, 1.54) is 11.1 Å². The molecule has 2 saturated heterocycles. The van der Waals surface area contributed by atoms with Crippen molar-refractivity contribution in [3.63, 3.8) is 0 Å². The van der Waals surface area contributed by atoms with Gasteiger partial charge in [0.25, 0.3) is 0 Å². The van der Waals surface area contributed by atoms with Crippen LogP contribution >= 0.6 is 0 Å². The van der Waals surface area contributed by atoms with Crippen molar-refractivity contribution in [2.24, 2.45) is 5.92 Å². The summed E-state index contributed by atoms with van der Waals surface area (Å²) in [5, 5.41) is 2.81. The molecule has 2 unspecified atom stereocenters. The zero-order chi connectivity index (χ0) is 17.6. The van der Waals surface area contributed by atoms with Crippen molar-refractivity contribution < 1.29 is 18.0 Å². The van der Waals surface area contributed by atoms with Crippen LogP contribution in [0.4, 0.5) is 5.69 Å². The van der Waals surface area contributed by atoms with E-state index in [1.807, 2.05) is 6.07 Å². The summed E-state index contributed by atoms with van der Waals surface area (Å²) in [6, 6.07) is 5.80. The number of hydrogen-bond donors (Lipinski definition) is 1. The molecular formula is C18H22N2O4S. The van der Waals surface area contributed by atoms with E-state index in [2.05, 4.69) is 17.4 Å². The molecule has 1 aliphatic carbocycles. The third-order valence-corrected chi connectivity index (χ3v) is 7.24. The standard InChI is InChI=1S/C18H22N2O4S/c21-17-9-14(18(22)19-15-6-7-25(23,24)11-15)10-20(17)16-5-4-12-2-1-3-13(12)8-16/h4-5,8,14-15H,1-3,6-7,9-11H2,(H,19,22). The van der Waals surface area contributed by atoms with Crippen molar-refractivity contribution in [1.29, 1.82) is 0 Å². The van der Waals surface area contributed by atoms with E-state index >= 15 is 0 Å². The van der Waals surface area contributed by atoms with Crippen LogP contribution in [0.3, 0.4) is 0 Å². The number of fused-ring (bicyclic) bond motifs is 1. The predicted octanol–water partition coefficient (Wildman–Crippen LogP) is 0.831. The average Bonchev–Trinajstić information content (AvgIpc) is 3.25. The first-order valence-corrected chi connectivity index (χ1v) is 10.7. The predicted molar refractivity (Wildman–Crippen MR) is 94.1 cm³/mol. The molecule has 2 aliphatic heterocycles. The minimum Gasteiger partial charge on any atom is -0.352 e. The first-order chi connectivity index (χ1) is 11.9. The Balaban J connectivity index is 1.42. The van der Waals surface area contributed by atoms with E-state index in [0.29, 0.717) is 13.0 Å². The molecule has 1 aromatic carbocycles. The Hall–Kier alpha value is -1.89. The zero-order valence-corrected chi connectivity index (χ0v) is 14.8. The van der Waals surface area contributed by atoms with Crippen LogP contribution in [0.25, 0.3) is 0 Å². The van der Waals surface area contributed by atoms with Gasteiger partial charge in [-0.2, -0.15) is 0 Å². The highest BCUT2D eigenvalue weighted by Gasteiger charge is 2.37. The van der Waals surface area contributed by atoms with Gasteiger partial charge in [0.05, 0.1) is 17.4 Å². The monoisotopic (exact) mass is 362 g/mol. The number of aryl methyl sites for hydroxylation is 2. The molecule has 0 spiro atoms. The lowest BCUT2D eigenvalue weighted by atomic mass is 10.1. The molecule has 2 fully saturated rings. The molecule has 2 heterocycles. The largest absolute Gasteiger partial charge is 0.352 e. The molecule has 3 aliphatic rings. The highest BCUT2D eigenvalue weighted by atomic mass is 32.2. The summed E-state index contributed by atoms with van der Waals surface area (Å²) >= 11 is 0. The van der Waals surface area contributed by atoms with E-state index in [1.54, 1.807) is 4.90 Å². The zero-order valence-electron chi connectivity index (χ0n) is 14.0. The summed E-state index contributed by atoms with van der Waals surface area (Å²) in [6.45, 7) is 0.364. The lowest BCUT2D eigenvalue weighted by Gasteiger charge is -2.18. The van der Waals surface area contributed by atoms with Crippen LogP contribution < -0.4 is 10.2 Å². The van der Waals surface area contributed by atoms with Gasteiger partial charge in [-0.3, -0.25) is 9.59 Å². The molecule has 7 heteroatoms. The number of amides is 2. The van der Waals surface area contributed by atoms with Crippen molar-refractivity contribution >= 4 is 27.3 Å². The average molecular weight is 362 g/mol. The van der Waals surface area contributed by atoms with Gasteiger partial charge in [0, 0.05) is 24.7 Å². The maximum atomic E-state index is 12.4. The fraction of sp³-hybridized carbons (Fsp3) is 0.556. The number of nitrogens with one attached hydrogen (secondary N) is 1. The van der Waals surface area contributed by atoms with Crippen molar-refractivity contribution in [3.05, 3.63) is 29.3 Å². The number of carbonyl (C=O) groups excluding carboxylic acids is 2. The molecule has 0 radical (unpaired) electrons. The Morgan fingerprint density at radius 3 is 2.76 bits per heavy atom. The number of sulfone groups is 1. The van der Waals surface area contributed by atoms with E-state index in [0.717, 1.165) is 24.9 Å². The van der Waals surface area contributed by atoms with Crippen molar-refractivity contribution in [2.45, 2.75) is 38.1 Å². The fourth-order valence-corrected chi connectivity index (χ4v) is 5.76. The topological polar surface area (TPSA) is 83.5 Å². The maximum Gasteiger partial charge on any atom is 0.227 e. The molecule has 134 valence electrons. The Labute approximate surface area is 147 Å². The van der Waals surface area contributed by atoms with Crippen LogP contribution in [0.5, 0.6) is 0 Å². The normalized spacial score (nSPS) is 27.5. The van der Waals surface area contributed by atoms with Gasteiger partial charge < -0.3 is 10.2 Å². The SMILES string of the molecule is O=C(NC1CCS(=O)(=O)C1)C1CC(=O)N(c2ccc3c(c2)CCC3)C1. The summed E-state index contributed by atoms with van der Waals surface area (Å²) in [7, 11) is -3.03. The van der Waals surface area contributed by atoms with Crippen LogP contribution in [0.1, 0.15) is 30.4 Å². The maximum absolute atomic E-state index is 12.4. The molecule has 0 aromatic heterocycles. The van der Waals surface area contributed by atoms with Gasteiger partial charge in [-0.25, -0.2) is 8.42 Å².